The van der Waals surface area contributed by atoms with Crippen LogP contribution in [0.25, 0.3) is 12.2 Å². The zero-order valence-corrected chi connectivity index (χ0v) is 15.0. The lowest BCUT2D eigenvalue weighted by atomic mass is 10.1. The van der Waals surface area contributed by atoms with Crippen LogP contribution < -0.4 is 10.2 Å². The first kappa shape index (κ1) is 18.2. The maximum atomic E-state index is 13.0. The Bertz CT molecular complexity index is 801. The van der Waals surface area contributed by atoms with E-state index in [1.54, 1.807) is 4.90 Å². The number of rotatable bonds is 6. The van der Waals surface area contributed by atoms with Crippen molar-refractivity contribution in [2.45, 2.75) is 12.5 Å². The molecule has 0 bridgehead atoms. The van der Waals surface area contributed by atoms with Gasteiger partial charge in [0.1, 0.15) is 6.04 Å². The van der Waals surface area contributed by atoms with E-state index in [1.165, 1.54) is 0 Å². The molecule has 1 aliphatic heterocycles. The lowest BCUT2D eigenvalue weighted by Gasteiger charge is -2.25. The molecular formula is C20H20N2O3S. The Balaban J connectivity index is 1.85. The van der Waals surface area contributed by atoms with E-state index in [4.69, 9.17) is 5.11 Å². The number of aliphatic carboxylic acids is 1. The standard InChI is InChI=1S/C20H20N2O3S/c23-19(11-12-21-16(13-26)20(24)25)22-17-7-3-1-5-14(17)9-10-15-6-2-4-8-18(15)22/h1-10,16,21,26H,11-13H2,(H,24,25)/t16-/m0/s1. The van der Waals surface area contributed by atoms with Crippen LogP contribution in [-0.4, -0.2) is 35.3 Å². The summed E-state index contributed by atoms with van der Waals surface area (Å²) in [7, 11) is 0. The van der Waals surface area contributed by atoms with Gasteiger partial charge in [0.25, 0.3) is 0 Å². The highest BCUT2D eigenvalue weighted by Crippen LogP contribution is 2.36. The van der Waals surface area contributed by atoms with Gasteiger partial charge in [-0.25, -0.2) is 0 Å². The normalized spacial score (nSPS) is 13.5. The number of carboxylic acid groups (broad SMARTS) is 1. The second kappa shape index (κ2) is 8.21. The molecule has 0 fully saturated rings. The third kappa shape index (κ3) is 3.81. The fourth-order valence-corrected chi connectivity index (χ4v) is 3.22. The van der Waals surface area contributed by atoms with E-state index in [0.717, 1.165) is 22.5 Å². The molecule has 0 radical (unpaired) electrons. The number of carboxylic acids is 1. The van der Waals surface area contributed by atoms with Gasteiger partial charge in [-0.1, -0.05) is 48.6 Å². The van der Waals surface area contributed by atoms with Gasteiger partial charge in [0, 0.05) is 18.7 Å². The van der Waals surface area contributed by atoms with Gasteiger partial charge in [0.2, 0.25) is 5.91 Å². The summed E-state index contributed by atoms with van der Waals surface area (Å²) < 4.78 is 0. The molecule has 2 aromatic carbocycles. The minimum absolute atomic E-state index is 0.0931. The van der Waals surface area contributed by atoms with Crippen LogP contribution in [-0.2, 0) is 9.59 Å². The highest BCUT2D eigenvalue weighted by atomic mass is 32.1. The van der Waals surface area contributed by atoms with Gasteiger partial charge in [-0.05, 0) is 23.3 Å². The summed E-state index contributed by atoms with van der Waals surface area (Å²) in [4.78, 5) is 25.8. The zero-order valence-electron chi connectivity index (χ0n) is 14.1. The van der Waals surface area contributed by atoms with E-state index in [-0.39, 0.29) is 24.6 Å². The summed E-state index contributed by atoms with van der Waals surface area (Å²) in [5.74, 6) is -0.894. The number of hydrogen-bond acceptors (Lipinski definition) is 4. The second-order valence-corrected chi connectivity index (χ2v) is 6.32. The number of para-hydroxylation sites is 2. The molecule has 0 saturated carbocycles. The largest absolute Gasteiger partial charge is 0.480 e. The highest BCUT2D eigenvalue weighted by molar-refractivity contribution is 7.80. The van der Waals surface area contributed by atoms with Crippen LogP contribution in [0.2, 0.25) is 0 Å². The predicted octanol–water partition coefficient (Wildman–Crippen LogP) is 3.20. The van der Waals surface area contributed by atoms with Crippen molar-refractivity contribution in [1.29, 1.82) is 0 Å². The van der Waals surface area contributed by atoms with Crippen LogP contribution in [0, 0.1) is 0 Å². The number of nitrogens with zero attached hydrogens (tertiary/aromatic N) is 1. The van der Waals surface area contributed by atoms with Crippen molar-refractivity contribution >= 4 is 48.0 Å². The van der Waals surface area contributed by atoms with E-state index < -0.39 is 12.0 Å². The molecule has 1 atom stereocenters. The number of benzene rings is 2. The van der Waals surface area contributed by atoms with E-state index >= 15 is 0 Å². The van der Waals surface area contributed by atoms with E-state index in [9.17, 15) is 9.59 Å². The molecule has 0 saturated heterocycles. The lowest BCUT2D eigenvalue weighted by molar-refractivity contribution is -0.139. The Morgan fingerprint density at radius 1 is 1.00 bits per heavy atom. The third-order valence-electron chi connectivity index (χ3n) is 4.26. The van der Waals surface area contributed by atoms with Crippen LogP contribution in [0.15, 0.2) is 48.5 Å². The third-order valence-corrected chi connectivity index (χ3v) is 4.62. The first-order valence-corrected chi connectivity index (χ1v) is 9.01. The Labute approximate surface area is 157 Å². The number of anilines is 2. The van der Waals surface area contributed by atoms with Crippen molar-refractivity contribution in [2.75, 3.05) is 17.2 Å². The maximum Gasteiger partial charge on any atom is 0.321 e. The molecule has 134 valence electrons. The minimum Gasteiger partial charge on any atom is -0.480 e. The monoisotopic (exact) mass is 368 g/mol. The lowest BCUT2D eigenvalue weighted by Crippen LogP contribution is -2.40. The summed E-state index contributed by atoms with van der Waals surface area (Å²) in [5, 5.41) is 11.9. The van der Waals surface area contributed by atoms with Crippen LogP contribution in [0.1, 0.15) is 17.5 Å². The number of nitrogens with one attached hydrogen (secondary N) is 1. The van der Waals surface area contributed by atoms with Crippen molar-refractivity contribution in [1.82, 2.24) is 5.32 Å². The highest BCUT2D eigenvalue weighted by Gasteiger charge is 2.24. The fraction of sp³-hybridized carbons (Fsp3) is 0.200. The molecule has 1 amide bonds. The Kier molecular flexibility index (Phi) is 5.75. The van der Waals surface area contributed by atoms with Crippen molar-refractivity contribution in [2.24, 2.45) is 0 Å². The summed E-state index contributed by atoms with van der Waals surface area (Å²) in [5.41, 5.74) is 3.57. The fourth-order valence-electron chi connectivity index (χ4n) is 2.94. The summed E-state index contributed by atoms with van der Waals surface area (Å²) in [6.45, 7) is 0.268. The molecule has 6 heteroatoms. The van der Waals surface area contributed by atoms with Crippen molar-refractivity contribution in [3.63, 3.8) is 0 Å². The van der Waals surface area contributed by atoms with Crippen molar-refractivity contribution in [3.8, 4) is 0 Å². The number of carbonyl (C=O) groups is 2. The van der Waals surface area contributed by atoms with Gasteiger partial charge in [0.05, 0.1) is 11.4 Å². The molecule has 0 spiro atoms. The number of carbonyl (C=O) groups excluding carboxylic acids is 1. The summed E-state index contributed by atoms with van der Waals surface area (Å²) in [6.07, 6.45) is 4.18. The second-order valence-electron chi connectivity index (χ2n) is 5.96. The predicted molar refractivity (Wildman–Crippen MR) is 107 cm³/mol. The topological polar surface area (TPSA) is 69.6 Å². The van der Waals surface area contributed by atoms with Crippen LogP contribution in [0.3, 0.4) is 0 Å². The Morgan fingerprint density at radius 2 is 1.54 bits per heavy atom. The van der Waals surface area contributed by atoms with Gasteiger partial charge >= 0.3 is 5.97 Å². The van der Waals surface area contributed by atoms with Crippen molar-refractivity contribution in [3.05, 3.63) is 59.7 Å². The minimum atomic E-state index is -0.970. The van der Waals surface area contributed by atoms with E-state index in [2.05, 4.69) is 17.9 Å². The smallest absolute Gasteiger partial charge is 0.321 e. The van der Waals surface area contributed by atoms with Crippen LogP contribution >= 0.6 is 12.6 Å². The Morgan fingerprint density at radius 3 is 2.04 bits per heavy atom. The first-order chi connectivity index (χ1) is 12.6. The molecule has 5 nitrogen and oxygen atoms in total. The molecule has 26 heavy (non-hydrogen) atoms. The van der Waals surface area contributed by atoms with Gasteiger partial charge in [-0.15, -0.1) is 0 Å². The van der Waals surface area contributed by atoms with Crippen LogP contribution in [0.4, 0.5) is 11.4 Å². The molecule has 0 aliphatic carbocycles. The molecule has 2 aromatic rings. The molecule has 1 heterocycles. The number of fused-ring (bicyclic) bond motifs is 2. The molecular weight excluding hydrogens is 348 g/mol. The quantitative estimate of drug-likeness (QED) is 0.685. The van der Waals surface area contributed by atoms with Gasteiger partial charge in [-0.3, -0.25) is 14.5 Å². The maximum absolute atomic E-state index is 13.0. The van der Waals surface area contributed by atoms with Crippen molar-refractivity contribution < 1.29 is 14.7 Å². The van der Waals surface area contributed by atoms with E-state index in [1.807, 2.05) is 60.7 Å². The zero-order chi connectivity index (χ0) is 18.5. The molecule has 0 aromatic heterocycles. The summed E-state index contributed by atoms with van der Waals surface area (Å²) in [6, 6.07) is 14.7. The molecule has 3 rings (SSSR count). The number of amides is 1. The number of thiol groups is 1. The van der Waals surface area contributed by atoms with Gasteiger partial charge in [0.15, 0.2) is 0 Å². The Hall–Kier alpha value is -2.57. The van der Waals surface area contributed by atoms with E-state index in [0.29, 0.717) is 0 Å². The molecule has 0 unspecified atom stereocenters. The molecule has 2 N–H and O–H groups in total. The summed E-state index contributed by atoms with van der Waals surface area (Å²) >= 11 is 4.02. The molecule has 1 aliphatic rings. The van der Waals surface area contributed by atoms with Gasteiger partial charge in [-0.2, -0.15) is 12.6 Å². The van der Waals surface area contributed by atoms with Crippen LogP contribution in [0.5, 0.6) is 0 Å². The average Bonchev–Trinajstić information content (AvgIpc) is 2.81. The average molecular weight is 368 g/mol. The first-order valence-electron chi connectivity index (χ1n) is 8.38. The SMILES string of the molecule is O=C(O)[C@H](CS)NCCC(=O)N1c2ccccc2C=Cc2ccccc21. The number of hydrogen-bond donors (Lipinski definition) is 3. The van der Waals surface area contributed by atoms with Gasteiger partial charge < -0.3 is 10.4 Å².